The number of hydrogen-bond donors (Lipinski definition) is 1. The van der Waals surface area contributed by atoms with E-state index in [4.69, 9.17) is 16.3 Å². The highest BCUT2D eigenvalue weighted by molar-refractivity contribution is 7.16. The number of carbonyl (C=O) groups is 2. The predicted octanol–water partition coefficient (Wildman–Crippen LogP) is 3.11. The molecule has 2 aromatic heterocycles. The molecular formula is C18H16ClN3O4S. The number of aryl methyl sites for hydroxylation is 1. The molecule has 0 saturated carbocycles. The molecule has 0 atom stereocenters. The van der Waals surface area contributed by atoms with Crippen molar-refractivity contribution >= 4 is 50.6 Å². The van der Waals surface area contributed by atoms with E-state index in [1.54, 1.807) is 24.4 Å². The van der Waals surface area contributed by atoms with Gasteiger partial charge in [-0.15, -0.1) is 22.9 Å². The number of thiophene rings is 1. The highest BCUT2D eigenvalue weighted by Gasteiger charge is 2.23. The minimum Gasteiger partial charge on any atom is -0.461 e. The van der Waals surface area contributed by atoms with Gasteiger partial charge in [0.15, 0.2) is 5.69 Å². The molecule has 0 spiro atoms. The third kappa shape index (κ3) is 3.72. The fourth-order valence-electron chi connectivity index (χ4n) is 2.51. The first-order valence-corrected chi connectivity index (χ1v) is 9.52. The number of alkyl halides is 1. The van der Waals surface area contributed by atoms with Gasteiger partial charge in [0.25, 0.3) is 5.56 Å². The Morgan fingerprint density at radius 1 is 1.30 bits per heavy atom. The van der Waals surface area contributed by atoms with Gasteiger partial charge in [-0.25, -0.2) is 4.79 Å². The van der Waals surface area contributed by atoms with E-state index in [2.05, 4.69) is 10.4 Å². The van der Waals surface area contributed by atoms with Gasteiger partial charge in [-0.3, -0.25) is 9.59 Å². The number of aromatic nitrogens is 2. The monoisotopic (exact) mass is 405 g/mol. The van der Waals surface area contributed by atoms with Crippen molar-refractivity contribution in [1.29, 1.82) is 0 Å². The third-order valence-electron chi connectivity index (χ3n) is 3.77. The molecule has 0 fully saturated rings. The molecule has 1 aromatic carbocycles. The van der Waals surface area contributed by atoms with Crippen LogP contribution in [0.1, 0.15) is 23.0 Å². The maximum absolute atomic E-state index is 13.1. The summed E-state index contributed by atoms with van der Waals surface area (Å²) in [6, 6.07) is 7.13. The molecule has 3 aromatic rings. The van der Waals surface area contributed by atoms with Crippen molar-refractivity contribution in [3.8, 4) is 5.69 Å². The Kier molecular flexibility index (Phi) is 5.57. The van der Waals surface area contributed by atoms with Crippen molar-refractivity contribution in [3.05, 3.63) is 51.3 Å². The average molecular weight is 406 g/mol. The summed E-state index contributed by atoms with van der Waals surface area (Å²) in [5.74, 6) is -1.34. The molecule has 1 N–H and O–H groups in total. The van der Waals surface area contributed by atoms with Gasteiger partial charge in [0.2, 0.25) is 5.91 Å². The Hall–Kier alpha value is -2.71. The van der Waals surface area contributed by atoms with E-state index >= 15 is 0 Å². The summed E-state index contributed by atoms with van der Waals surface area (Å²) >= 11 is 6.67. The second-order valence-corrected chi connectivity index (χ2v) is 6.80. The molecule has 9 heteroatoms. The van der Waals surface area contributed by atoms with Crippen molar-refractivity contribution in [2.24, 2.45) is 0 Å². The molecule has 0 unspecified atom stereocenters. The predicted molar refractivity (Wildman–Crippen MR) is 105 cm³/mol. The van der Waals surface area contributed by atoms with Gasteiger partial charge in [-0.05, 0) is 26.0 Å². The molecule has 7 nitrogen and oxygen atoms in total. The second-order valence-electron chi connectivity index (χ2n) is 5.66. The van der Waals surface area contributed by atoms with E-state index in [0.717, 1.165) is 21.6 Å². The summed E-state index contributed by atoms with van der Waals surface area (Å²) < 4.78 is 6.21. The Labute approximate surface area is 163 Å². The van der Waals surface area contributed by atoms with E-state index in [0.29, 0.717) is 16.1 Å². The van der Waals surface area contributed by atoms with Crippen LogP contribution in [0.5, 0.6) is 0 Å². The summed E-state index contributed by atoms with van der Waals surface area (Å²) in [5, 5.41) is 9.26. The summed E-state index contributed by atoms with van der Waals surface area (Å²) in [7, 11) is 0. The highest BCUT2D eigenvalue weighted by atomic mass is 35.5. The van der Waals surface area contributed by atoms with Crippen molar-refractivity contribution < 1.29 is 14.3 Å². The van der Waals surface area contributed by atoms with Crippen LogP contribution in [0.15, 0.2) is 34.4 Å². The van der Waals surface area contributed by atoms with Crippen molar-refractivity contribution in [2.45, 2.75) is 13.8 Å². The molecule has 0 radical (unpaired) electrons. The number of rotatable bonds is 5. The topological polar surface area (TPSA) is 90.3 Å². The lowest BCUT2D eigenvalue weighted by Gasteiger charge is -2.10. The molecule has 0 aliphatic rings. The number of nitrogens with zero attached hydrogens (tertiary/aromatic N) is 2. The fourth-order valence-corrected chi connectivity index (χ4v) is 3.53. The SMILES string of the molecule is CCOC(=O)c1nn(-c2ccc(C)cc2)c(=O)c2c(NC(=O)CCl)scc12. The standard InChI is InChI=1S/C18H16ClN3O4S/c1-3-26-18(25)15-12-9-27-16(20-13(23)8-19)14(12)17(24)22(21-15)11-6-4-10(2)5-7-11/h4-7,9H,3,8H2,1-2H3,(H,20,23). The Morgan fingerprint density at radius 2 is 2.00 bits per heavy atom. The molecule has 0 saturated heterocycles. The van der Waals surface area contributed by atoms with Crippen LogP contribution in [-0.2, 0) is 9.53 Å². The van der Waals surface area contributed by atoms with Gasteiger partial charge in [0, 0.05) is 10.8 Å². The minimum absolute atomic E-state index is 0.00893. The lowest BCUT2D eigenvalue weighted by molar-refractivity contribution is -0.113. The second kappa shape index (κ2) is 7.89. The Balaban J connectivity index is 2.29. The zero-order valence-electron chi connectivity index (χ0n) is 14.6. The van der Waals surface area contributed by atoms with Crippen LogP contribution in [0.3, 0.4) is 0 Å². The first kappa shape index (κ1) is 19.1. The molecule has 140 valence electrons. The quantitative estimate of drug-likeness (QED) is 0.520. The van der Waals surface area contributed by atoms with Gasteiger partial charge in [0.05, 0.1) is 17.7 Å². The van der Waals surface area contributed by atoms with Gasteiger partial charge in [0.1, 0.15) is 10.9 Å². The van der Waals surface area contributed by atoms with Gasteiger partial charge < -0.3 is 10.1 Å². The normalized spacial score (nSPS) is 10.8. The molecule has 27 heavy (non-hydrogen) atoms. The van der Waals surface area contributed by atoms with E-state index < -0.39 is 17.4 Å². The van der Waals surface area contributed by atoms with Crippen LogP contribution in [0.4, 0.5) is 5.00 Å². The van der Waals surface area contributed by atoms with E-state index in [-0.39, 0.29) is 23.6 Å². The van der Waals surface area contributed by atoms with Gasteiger partial charge in [-0.1, -0.05) is 17.7 Å². The van der Waals surface area contributed by atoms with Crippen molar-refractivity contribution in [3.63, 3.8) is 0 Å². The summed E-state index contributed by atoms with van der Waals surface area (Å²) in [4.78, 5) is 37.2. The third-order valence-corrected chi connectivity index (χ3v) is 4.91. The number of benzene rings is 1. The number of halogens is 1. The number of carbonyl (C=O) groups excluding carboxylic acids is 2. The van der Waals surface area contributed by atoms with E-state index in [9.17, 15) is 14.4 Å². The van der Waals surface area contributed by atoms with E-state index in [1.807, 2.05) is 19.1 Å². The highest BCUT2D eigenvalue weighted by Crippen LogP contribution is 2.30. The average Bonchev–Trinajstić information content (AvgIpc) is 3.07. The molecule has 3 rings (SSSR count). The molecule has 1 amide bonds. The zero-order valence-corrected chi connectivity index (χ0v) is 16.2. The van der Waals surface area contributed by atoms with E-state index in [1.165, 1.54) is 0 Å². The Morgan fingerprint density at radius 3 is 2.63 bits per heavy atom. The molecule has 0 aliphatic heterocycles. The Bertz CT molecular complexity index is 1070. The largest absolute Gasteiger partial charge is 0.461 e. The zero-order chi connectivity index (χ0) is 19.6. The van der Waals surface area contributed by atoms with Gasteiger partial charge >= 0.3 is 5.97 Å². The van der Waals surface area contributed by atoms with Crippen LogP contribution in [0.2, 0.25) is 0 Å². The smallest absolute Gasteiger partial charge is 0.359 e. The summed E-state index contributed by atoms with van der Waals surface area (Å²) in [6.45, 7) is 3.78. The lowest BCUT2D eigenvalue weighted by atomic mass is 10.2. The number of hydrogen-bond acceptors (Lipinski definition) is 6. The number of ether oxygens (including phenoxy) is 1. The first-order valence-electron chi connectivity index (χ1n) is 8.10. The van der Waals surface area contributed by atoms with Crippen LogP contribution < -0.4 is 10.9 Å². The van der Waals surface area contributed by atoms with Crippen molar-refractivity contribution in [2.75, 3.05) is 17.8 Å². The number of fused-ring (bicyclic) bond motifs is 1. The molecular weight excluding hydrogens is 390 g/mol. The van der Waals surface area contributed by atoms with Crippen molar-refractivity contribution in [1.82, 2.24) is 9.78 Å². The molecule has 2 heterocycles. The van der Waals surface area contributed by atoms with Gasteiger partial charge in [-0.2, -0.15) is 9.78 Å². The molecule has 0 bridgehead atoms. The number of esters is 1. The summed E-state index contributed by atoms with van der Waals surface area (Å²) in [5.41, 5.74) is 1.07. The minimum atomic E-state index is -0.642. The van der Waals surface area contributed by atoms with Crippen LogP contribution in [0.25, 0.3) is 16.5 Å². The number of amides is 1. The maximum atomic E-state index is 13.1. The number of anilines is 1. The fraction of sp³-hybridized carbons (Fsp3) is 0.222. The van der Waals surface area contributed by atoms with Crippen LogP contribution in [-0.4, -0.2) is 34.1 Å². The van der Waals surface area contributed by atoms with Crippen LogP contribution >= 0.6 is 22.9 Å². The first-order chi connectivity index (χ1) is 13.0. The van der Waals surface area contributed by atoms with Crippen LogP contribution in [0, 0.1) is 6.92 Å². The number of nitrogens with one attached hydrogen (secondary N) is 1. The maximum Gasteiger partial charge on any atom is 0.359 e. The lowest BCUT2D eigenvalue weighted by Crippen LogP contribution is -2.25. The summed E-state index contributed by atoms with van der Waals surface area (Å²) in [6.07, 6.45) is 0. The molecule has 0 aliphatic carbocycles.